The van der Waals surface area contributed by atoms with Gasteiger partial charge in [0.25, 0.3) is 5.91 Å². The average Bonchev–Trinajstić information content (AvgIpc) is 3.07. The third-order valence-corrected chi connectivity index (χ3v) is 4.30. The van der Waals surface area contributed by atoms with Crippen LogP contribution >= 0.6 is 0 Å². The number of carbonyl (C=O) groups is 3. The summed E-state index contributed by atoms with van der Waals surface area (Å²) in [7, 11) is 0. The lowest BCUT2D eigenvalue weighted by Crippen LogP contribution is -2.50. The van der Waals surface area contributed by atoms with Crippen molar-refractivity contribution in [2.75, 3.05) is 19.6 Å². The Balaban J connectivity index is 1.78. The summed E-state index contributed by atoms with van der Waals surface area (Å²) in [5, 5.41) is 14.7. The van der Waals surface area contributed by atoms with Crippen LogP contribution < -0.4 is 10.6 Å². The van der Waals surface area contributed by atoms with Crippen molar-refractivity contribution in [3.05, 3.63) is 29.8 Å². The van der Waals surface area contributed by atoms with Crippen LogP contribution in [-0.4, -0.2) is 53.4 Å². The molecule has 2 rings (SSSR count). The van der Waals surface area contributed by atoms with Crippen molar-refractivity contribution >= 4 is 17.7 Å². The molecule has 26 heavy (non-hydrogen) atoms. The first-order valence-electron chi connectivity index (χ1n) is 8.86. The van der Waals surface area contributed by atoms with Crippen LogP contribution in [0.4, 0.5) is 0 Å². The number of amides is 3. The maximum atomic E-state index is 12.5. The molecule has 3 amide bonds. The average molecular weight is 361 g/mol. The van der Waals surface area contributed by atoms with E-state index in [0.717, 1.165) is 6.42 Å². The van der Waals surface area contributed by atoms with Crippen LogP contribution in [0.1, 0.15) is 44.0 Å². The quantitative estimate of drug-likeness (QED) is 0.688. The first kappa shape index (κ1) is 19.8. The van der Waals surface area contributed by atoms with E-state index in [1.807, 2.05) is 20.8 Å². The van der Waals surface area contributed by atoms with E-state index in [9.17, 15) is 19.5 Å². The highest BCUT2D eigenvalue weighted by Crippen LogP contribution is 2.25. The van der Waals surface area contributed by atoms with Crippen molar-refractivity contribution in [1.29, 1.82) is 0 Å². The molecule has 0 saturated carbocycles. The van der Waals surface area contributed by atoms with E-state index in [0.29, 0.717) is 18.5 Å². The predicted octanol–water partition coefficient (Wildman–Crippen LogP) is 1.28. The van der Waals surface area contributed by atoms with Gasteiger partial charge in [0.2, 0.25) is 11.8 Å². The highest BCUT2D eigenvalue weighted by Gasteiger charge is 2.38. The summed E-state index contributed by atoms with van der Waals surface area (Å²) in [6, 6.07) is 5.50. The fourth-order valence-electron chi connectivity index (χ4n) is 2.91. The molecule has 1 aliphatic rings. The molecular formula is C19H27N3O4. The van der Waals surface area contributed by atoms with Crippen molar-refractivity contribution in [1.82, 2.24) is 15.5 Å². The van der Waals surface area contributed by atoms with Crippen LogP contribution in [0.3, 0.4) is 0 Å². The molecular weight excluding hydrogens is 334 g/mol. The van der Waals surface area contributed by atoms with Crippen LogP contribution in [0, 0.1) is 5.41 Å². The minimum Gasteiger partial charge on any atom is -0.508 e. The largest absolute Gasteiger partial charge is 0.508 e. The standard InChI is InChI=1S/C19H27N3O4/c1-19(2,3)18(26)22-12-4-5-15(22)17(25)21-11-10-20-16(24)13-6-8-14(23)9-7-13/h6-9,15,23H,4-5,10-12H2,1-3H3,(H,20,24)(H,21,25). The van der Waals surface area contributed by atoms with Crippen molar-refractivity contribution < 1.29 is 19.5 Å². The van der Waals surface area contributed by atoms with E-state index in [4.69, 9.17) is 0 Å². The number of phenolic OH excluding ortho intramolecular Hbond substituents is 1. The normalized spacial score (nSPS) is 17.0. The molecule has 1 saturated heterocycles. The highest BCUT2D eigenvalue weighted by molar-refractivity contribution is 5.94. The highest BCUT2D eigenvalue weighted by atomic mass is 16.3. The summed E-state index contributed by atoms with van der Waals surface area (Å²) >= 11 is 0. The molecule has 0 aromatic heterocycles. The zero-order valence-corrected chi connectivity index (χ0v) is 15.5. The molecule has 1 unspecified atom stereocenters. The first-order chi connectivity index (χ1) is 12.2. The maximum Gasteiger partial charge on any atom is 0.251 e. The van der Waals surface area contributed by atoms with Gasteiger partial charge in [0.1, 0.15) is 11.8 Å². The zero-order valence-electron chi connectivity index (χ0n) is 15.5. The molecule has 7 heteroatoms. The SMILES string of the molecule is CC(C)(C)C(=O)N1CCCC1C(=O)NCCNC(=O)c1ccc(O)cc1. The number of nitrogens with one attached hydrogen (secondary N) is 2. The summed E-state index contributed by atoms with van der Waals surface area (Å²) in [6.07, 6.45) is 1.48. The molecule has 1 aliphatic heterocycles. The minimum atomic E-state index is -0.513. The Morgan fingerprint density at radius 1 is 1.12 bits per heavy atom. The Kier molecular flexibility index (Phi) is 6.23. The number of benzene rings is 1. The molecule has 1 atom stereocenters. The summed E-state index contributed by atoms with van der Waals surface area (Å²) < 4.78 is 0. The number of aromatic hydroxyl groups is 1. The van der Waals surface area contributed by atoms with Crippen LogP contribution in [0.5, 0.6) is 5.75 Å². The monoisotopic (exact) mass is 361 g/mol. The van der Waals surface area contributed by atoms with Crippen LogP contribution in [0.2, 0.25) is 0 Å². The fourth-order valence-corrected chi connectivity index (χ4v) is 2.91. The first-order valence-corrected chi connectivity index (χ1v) is 8.86. The number of carbonyl (C=O) groups excluding carboxylic acids is 3. The van der Waals surface area contributed by atoms with E-state index in [1.54, 1.807) is 4.90 Å². The number of hydrogen-bond donors (Lipinski definition) is 3. The van der Waals surface area contributed by atoms with E-state index in [-0.39, 0.29) is 36.6 Å². The van der Waals surface area contributed by atoms with E-state index in [2.05, 4.69) is 10.6 Å². The van der Waals surface area contributed by atoms with Crippen molar-refractivity contribution in [3.8, 4) is 5.75 Å². The molecule has 1 fully saturated rings. The summed E-state index contributed by atoms with van der Waals surface area (Å²) in [6.45, 7) is 6.72. The number of hydrogen-bond acceptors (Lipinski definition) is 4. The third kappa shape index (κ3) is 4.97. The molecule has 0 bridgehead atoms. The Morgan fingerprint density at radius 2 is 1.73 bits per heavy atom. The van der Waals surface area contributed by atoms with Gasteiger partial charge in [-0.3, -0.25) is 14.4 Å². The Bertz CT molecular complexity index is 664. The predicted molar refractivity (Wildman–Crippen MR) is 97.6 cm³/mol. The summed E-state index contributed by atoms with van der Waals surface area (Å²) in [5.41, 5.74) is -0.0760. The van der Waals surface area contributed by atoms with Gasteiger partial charge in [-0.15, -0.1) is 0 Å². The number of phenols is 1. The van der Waals surface area contributed by atoms with Gasteiger partial charge in [0.15, 0.2) is 0 Å². The molecule has 0 radical (unpaired) electrons. The molecule has 7 nitrogen and oxygen atoms in total. The van der Waals surface area contributed by atoms with Crippen LogP contribution in [0.15, 0.2) is 24.3 Å². The lowest BCUT2D eigenvalue weighted by atomic mass is 9.94. The van der Waals surface area contributed by atoms with Gasteiger partial charge >= 0.3 is 0 Å². The molecule has 3 N–H and O–H groups in total. The second-order valence-corrected chi connectivity index (χ2v) is 7.50. The van der Waals surface area contributed by atoms with Crippen molar-refractivity contribution in [2.45, 2.75) is 39.7 Å². The molecule has 0 aliphatic carbocycles. The van der Waals surface area contributed by atoms with Crippen LogP contribution in [0.25, 0.3) is 0 Å². The third-order valence-electron chi connectivity index (χ3n) is 4.30. The lowest BCUT2D eigenvalue weighted by Gasteiger charge is -2.30. The van der Waals surface area contributed by atoms with Crippen LogP contribution in [-0.2, 0) is 9.59 Å². The fraction of sp³-hybridized carbons (Fsp3) is 0.526. The van der Waals surface area contributed by atoms with Gasteiger partial charge < -0.3 is 20.6 Å². The smallest absolute Gasteiger partial charge is 0.251 e. The molecule has 1 heterocycles. The minimum absolute atomic E-state index is 0.0178. The van der Waals surface area contributed by atoms with Gasteiger partial charge in [-0.25, -0.2) is 0 Å². The number of likely N-dealkylation sites (tertiary alicyclic amines) is 1. The molecule has 1 aromatic carbocycles. The topological polar surface area (TPSA) is 98.7 Å². The van der Waals surface area contributed by atoms with Crippen molar-refractivity contribution in [2.24, 2.45) is 5.41 Å². The van der Waals surface area contributed by atoms with Gasteiger partial charge in [-0.05, 0) is 37.1 Å². The molecule has 1 aromatic rings. The van der Waals surface area contributed by atoms with Gasteiger partial charge in [0, 0.05) is 30.6 Å². The van der Waals surface area contributed by atoms with Gasteiger partial charge in [0.05, 0.1) is 0 Å². The zero-order chi connectivity index (χ0) is 19.3. The summed E-state index contributed by atoms with van der Waals surface area (Å²) in [4.78, 5) is 38.5. The van der Waals surface area contributed by atoms with Gasteiger partial charge in [-0.1, -0.05) is 20.8 Å². The van der Waals surface area contributed by atoms with E-state index >= 15 is 0 Å². The number of nitrogens with zero attached hydrogens (tertiary/aromatic N) is 1. The van der Waals surface area contributed by atoms with Gasteiger partial charge in [-0.2, -0.15) is 0 Å². The molecule has 0 spiro atoms. The van der Waals surface area contributed by atoms with E-state index < -0.39 is 11.5 Å². The molecule has 142 valence electrons. The van der Waals surface area contributed by atoms with Crippen molar-refractivity contribution in [3.63, 3.8) is 0 Å². The Morgan fingerprint density at radius 3 is 2.35 bits per heavy atom. The number of rotatable bonds is 5. The maximum absolute atomic E-state index is 12.5. The Labute approximate surface area is 153 Å². The lowest BCUT2D eigenvalue weighted by molar-refractivity contribution is -0.144. The second-order valence-electron chi connectivity index (χ2n) is 7.50. The summed E-state index contributed by atoms with van der Waals surface area (Å²) in [5.74, 6) is -0.376. The second kappa shape index (κ2) is 8.21. The Hall–Kier alpha value is -2.57. The van der Waals surface area contributed by atoms with E-state index in [1.165, 1.54) is 24.3 Å².